The SMILES string of the molecule is CN(CCCN)c1ncncc1I. The molecule has 0 aromatic carbocycles. The number of halogens is 1. The first-order chi connectivity index (χ1) is 6.25. The molecule has 13 heavy (non-hydrogen) atoms. The van der Waals surface area contributed by atoms with Crippen molar-refractivity contribution in [2.24, 2.45) is 5.73 Å². The molecular formula is C8H13IN4. The van der Waals surface area contributed by atoms with Gasteiger partial charge >= 0.3 is 0 Å². The van der Waals surface area contributed by atoms with Gasteiger partial charge in [0.05, 0.1) is 3.57 Å². The van der Waals surface area contributed by atoms with Gasteiger partial charge in [0, 0.05) is 19.8 Å². The van der Waals surface area contributed by atoms with Crippen LogP contribution in [0.1, 0.15) is 6.42 Å². The van der Waals surface area contributed by atoms with Gasteiger partial charge in [-0.3, -0.25) is 0 Å². The minimum absolute atomic E-state index is 0.714. The third-order valence-electron chi connectivity index (χ3n) is 1.71. The van der Waals surface area contributed by atoms with E-state index in [0.29, 0.717) is 6.54 Å². The fraction of sp³-hybridized carbons (Fsp3) is 0.500. The summed E-state index contributed by atoms with van der Waals surface area (Å²) in [6.45, 7) is 1.65. The van der Waals surface area contributed by atoms with Gasteiger partial charge < -0.3 is 10.6 Å². The molecule has 0 unspecified atom stereocenters. The van der Waals surface area contributed by atoms with Crippen molar-refractivity contribution in [2.45, 2.75) is 6.42 Å². The number of nitrogens with two attached hydrogens (primary N) is 1. The monoisotopic (exact) mass is 292 g/mol. The molecule has 0 saturated carbocycles. The van der Waals surface area contributed by atoms with Crippen LogP contribution in [-0.2, 0) is 0 Å². The third kappa shape index (κ3) is 3.07. The van der Waals surface area contributed by atoms with Crippen molar-refractivity contribution in [3.8, 4) is 0 Å². The Bertz CT molecular complexity index is 266. The average Bonchev–Trinajstić information content (AvgIpc) is 2.15. The number of nitrogens with zero attached hydrogens (tertiary/aromatic N) is 3. The molecule has 0 bridgehead atoms. The van der Waals surface area contributed by atoms with Crippen molar-refractivity contribution in [2.75, 3.05) is 25.0 Å². The fourth-order valence-electron chi connectivity index (χ4n) is 1.02. The zero-order valence-corrected chi connectivity index (χ0v) is 9.73. The maximum atomic E-state index is 5.43. The van der Waals surface area contributed by atoms with Gasteiger partial charge in [-0.05, 0) is 35.6 Å². The molecule has 0 aliphatic rings. The summed E-state index contributed by atoms with van der Waals surface area (Å²) >= 11 is 2.23. The van der Waals surface area contributed by atoms with E-state index < -0.39 is 0 Å². The van der Waals surface area contributed by atoms with E-state index in [2.05, 4.69) is 37.5 Å². The number of rotatable bonds is 4. The summed E-state index contributed by atoms with van der Waals surface area (Å²) in [5.74, 6) is 0.976. The lowest BCUT2D eigenvalue weighted by molar-refractivity contribution is 0.783. The summed E-state index contributed by atoms with van der Waals surface area (Å²) in [6, 6.07) is 0. The Morgan fingerprint density at radius 2 is 2.38 bits per heavy atom. The maximum Gasteiger partial charge on any atom is 0.145 e. The highest BCUT2D eigenvalue weighted by molar-refractivity contribution is 14.1. The molecule has 0 amide bonds. The molecule has 1 heterocycles. The summed E-state index contributed by atoms with van der Waals surface area (Å²) < 4.78 is 1.07. The Morgan fingerprint density at radius 3 is 3.00 bits per heavy atom. The van der Waals surface area contributed by atoms with E-state index in [-0.39, 0.29) is 0 Å². The van der Waals surface area contributed by atoms with Crippen molar-refractivity contribution in [3.05, 3.63) is 16.1 Å². The lowest BCUT2D eigenvalue weighted by Crippen LogP contribution is -2.22. The van der Waals surface area contributed by atoms with Crippen LogP contribution in [0.15, 0.2) is 12.5 Å². The van der Waals surface area contributed by atoms with Gasteiger partial charge in [-0.15, -0.1) is 0 Å². The molecule has 0 radical (unpaired) electrons. The predicted molar refractivity (Wildman–Crippen MR) is 61.7 cm³/mol. The zero-order chi connectivity index (χ0) is 9.68. The number of hydrogen-bond acceptors (Lipinski definition) is 4. The van der Waals surface area contributed by atoms with Crippen LogP contribution >= 0.6 is 22.6 Å². The molecule has 2 N–H and O–H groups in total. The molecule has 0 aliphatic heterocycles. The second-order valence-corrected chi connectivity index (χ2v) is 3.92. The van der Waals surface area contributed by atoms with Crippen molar-refractivity contribution in [3.63, 3.8) is 0 Å². The van der Waals surface area contributed by atoms with Crippen LogP contribution in [0.3, 0.4) is 0 Å². The topological polar surface area (TPSA) is 55.0 Å². The van der Waals surface area contributed by atoms with Gasteiger partial charge in [-0.1, -0.05) is 0 Å². The van der Waals surface area contributed by atoms with Gasteiger partial charge in [-0.25, -0.2) is 9.97 Å². The van der Waals surface area contributed by atoms with Crippen molar-refractivity contribution in [1.82, 2.24) is 9.97 Å². The molecule has 0 saturated heterocycles. The molecule has 1 aromatic rings. The zero-order valence-electron chi connectivity index (χ0n) is 7.57. The largest absolute Gasteiger partial charge is 0.359 e. The highest BCUT2D eigenvalue weighted by Crippen LogP contribution is 2.16. The molecule has 72 valence electrons. The smallest absolute Gasteiger partial charge is 0.145 e. The van der Waals surface area contributed by atoms with Crippen LogP contribution in [0, 0.1) is 3.57 Å². The second kappa shape index (κ2) is 5.33. The van der Waals surface area contributed by atoms with E-state index in [1.807, 2.05) is 13.2 Å². The average molecular weight is 292 g/mol. The van der Waals surface area contributed by atoms with E-state index in [9.17, 15) is 0 Å². The molecule has 0 fully saturated rings. The minimum atomic E-state index is 0.714. The second-order valence-electron chi connectivity index (χ2n) is 2.76. The van der Waals surface area contributed by atoms with Crippen molar-refractivity contribution < 1.29 is 0 Å². The van der Waals surface area contributed by atoms with Crippen molar-refractivity contribution in [1.29, 1.82) is 0 Å². The number of aromatic nitrogens is 2. The van der Waals surface area contributed by atoms with E-state index in [1.165, 1.54) is 0 Å². The Balaban J connectivity index is 2.65. The highest BCUT2D eigenvalue weighted by Gasteiger charge is 2.05. The van der Waals surface area contributed by atoms with Crippen LogP contribution < -0.4 is 10.6 Å². The summed E-state index contributed by atoms with van der Waals surface area (Å²) in [5, 5.41) is 0. The molecule has 1 rings (SSSR count). The van der Waals surface area contributed by atoms with E-state index in [0.717, 1.165) is 22.4 Å². The molecular weight excluding hydrogens is 279 g/mol. The predicted octanol–water partition coefficient (Wildman–Crippen LogP) is 0.866. The van der Waals surface area contributed by atoms with Gasteiger partial charge in [0.1, 0.15) is 12.1 Å². The first-order valence-electron chi connectivity index (χ1n) is 4.12. The molecule has 0 aliphatic carbocycles. The van der Waals surface area contributed by atoms with Crippen LogP contribution in [0.5, 0.6) is 0 Å². The van der Waals surface area contributed by atoms with Crippen LogP contribution in [0.2, 0.25) is 0 Å². The van der Waals surface area contributed by atoms with Gasteiger partial charge in [0.25, 0.3) is 0 Å². The standard InChI is InChI=1S/C8H13IN4/c1-13(4-2-3-10)8-7(9)5-11-6-12-8/h5-6H,2-4,10H2,1H3. The van der Waals surface area contributed by atoms with Crippen LogP contribution in [0.4, 0.5) is 5.82 Å². The minimum Gasteiger partial charge on any atom is -0.359 e. The quantitative estimate of drug-likeness (QED) is 0.837. The normalized spacial score (nSPS) is 10.1. The van der Waals surface area contributed by atoms with E-state index in [4.69, 9.17) is 5.73 Å². The fourth-order valence-corrected chi connectivity index (χ4v) is 1.73. The Hall–Kier alpha value is -0.430. The molecule has 5 heteroatoms. The number of hydrogen-bond donors (Lipinski definition) is 1. The summed E-state index contributed by atoms with van der Waals surface area (Å²) in [4.78, 5) is 10.2. The Kier molecular flexibility index (Phi) is 4.37. The van der Waals surface area contributed by atoms with E-state index in [1.54, 1.807) is 6.33 Å². The first-order valence-corrected chi connectivity index (χ1v) is 5.20. The highest BCUT2D eigenvalue weighted by atomic mass is 127. The van der Waals surface area contributed by atoms with E-state index >= 15 is 0 Å². The van der Waals surface area contributed by atoms with Crippen LogP contribution in [-0.4, -0.2) is 30.1 Å². The first kappa shape index (κ1) is 10.6. The Labute approximate surface area is 91.7 Å². The van der Waals surface area contributed by atoms with Gasteiger partial charge in [0.2, 0.25) is 0 Å². The third-order valence-corrected chi connectivity index (χ3v) is 2.47. The maximum absolute atomic E-state index is 5.43. The molecule has 0 spiro atoms. The molecule has 0 atom stereocenters. The summed E-state index contributed by atoms with van der Waals surface area (Å²) in [6.07, 6.45) is 4.36. The lowest BCUT2D eigenvalue weighted by atomic mass is 10.4. The van der Waals surface area contributed by atoms with Gasteiger partial charge in [0.15, 0.2) is 0 Å². The van der Waals surface area contributed by atoms with Gasteiger partial charge in [-0.2, -0.15) is 0 Å². The molecule has 4 nitrogen and oxygen atoms in total. The molecule has 1 aromatic heterocycles. The summed E-state index contributed by atoms with van der Waals surface area (Å²) in [7, 11) is 2.01. The van der Waals surface area contributed by atoms with Crippen molar-refractivity contribution >= 4 is 28.4 Å². The van der Waals surface area contributed by atoms with Crippen LogP contribution in [0.25, 0.3) is 0 Å². The lowest BCUT2D eigenvalue weighted by Gasteiger charge is -2.18. The number of anilines is 1. The summed E-state index contributed by atoms with van der Waals surface area (Å²) in [5.41, 5.74) is 5.43. The Morgan fingerprint density at radius 1 is 1.62 bits per heavy atom.